The van der Waals surface area contributed by atoms with Crippen LogP contribution in [-0.4, -0.2) is 112 Å². The molecule has 3 aliphatic rings. The van der Waals surface area contributed by atoms with Crippen LogP contribution in [0.2, 0.25) is 0 Å². The number of nitrogens with zero attached hydrogens (tertiary/aromatic N) is 3. The lowest BCUT2D eigenvalue weighted by molar-refractivity contribution is -0.202. The number of nitrogens with one attached hydrogen (secondary N) is 1. The zero-order valence-electron chi connectivity index (χ0n) is 20.3. The SMILES string of the molecule is CCN(CC)CCNC(=O)N(CCOC)C(=O)[C@@H]1C[C@@H]2CC3(CC[C@H]2N(C)C1)OCCO3. The molecule has 9 nitrogen and oxygen atoms in total. The van der Waals surface area contributed by atoms with E-state index in [9.17, 15) is 9.59 Å². The molecule has 184 valence electrons. The van der Waals surface area contributed by atoms with Crippen molar-refractivity contribution < 1.29 is 23.8 Å². The van der Waals surface area contributed by atoms with E-state index in [0.717, 1.165) is 45.3 Å². The van der Waals surface area contributed by atoms with E-state index in [4.69, 9.17) is 14.2 Å². The first kappa shape index (κ1) is 25.4. The number of rotatable bonds is 9. The molecule has 1 N–H and O–H groups in total. The van der Waals surface area contributed by atoms with Crippen LogP contribution >= 0.6 is 0 Å². The first-order valence-corrected chi connectivity index (χ1v) is 12.2. The van der Waals surface area contributed by atoms with Gasteiger partial charge in [0.05, 0.1) is 32.3 Å². The molecule has 0 aromatic heterocycles. The van der Waals surface area contributed by atoms with E-state index in [1.807, 2.05) is 0 Å². The van der Waals surface area contributed by atoms with Gasteiger partial charge < -0.3 is 29.3 Å². The van der Waals surface area contributed by atoms with Crippen molar-refractivity contribution in [1.82, 2.24) is 20.0 Å². The van der Waals surface area contributed by atoms with Gasteiger partial charge in [-0.2, -0.15) is 0 Å². The van der Waals surface area contributed by atoms with Gasteiger partial charge in [0.1, 0.15) is 0 Å². The zero-order chi connectivity index (χ0) is 23.1. The number of piperidine rings is 1. The molecule has 0 bridgehead atoms. The number of likely N-dealkylation sites (N-methyl/N-ethyl adjacent to an activating group) is 1. The predicted molar refractivity (Wildman–Crippen MR) is 121 cm³/mol. The molecule has 1 spiro atoms. The van der Waals surface area contributed by atoms with Crippen LogP contribution in [0.4, 0.5) is 4.79 Å². The number of urea groups is 1. The predicted octanol–water partition coefficient (Wildman–Crippen LogP) is 1.38. The van der Waals surface area contributed by atoms with E-state index < -0.39 is 5.79 Å². The number of hydrogen-bond donors (Lipinski definition) is 1. The summed E-state index contributed by atoms with van der Waals surface area (Å²) in [6.07, 6.45) is 3.51. The zero-order valence-corrected chi connectivity index (χ0v) is 20.3. The molecule has 3 fully saturated rings. The van der Waals surface area contributed by atoms with Crippen molar-refractivity contribution in [1.29, 1.82) is 0 Å². The highest BCUT2D eigenvalue weighted by Crippen LogP contribution is 2.45. The Balaban J connectivity index is 1.62. The Hall–Kier alpha value is -1.26. The second-order valence-corrected chi connectivity index (χ2v) is 9.29. The van der Waals surface area contributed by atoms with Crippen molar-refractivity contribution in [3.63, 3.8) is 0 Å². The highest BCUT2D eigenvalue weighted by molar-refractivity contribution is 5.95. The van der Waals surface area contributed by atoms with Crippen molar-refractivity contribution in [3.05, 3.63) is 0 Å². The number of fused-ring (bicyclic) bond motifs is 1. The van der Waals surface area contributed by atoms with Gasteiger partial charge in [0.25, 0.3) is 0 Å². The lowest BCUT2D eigenvalue weighted by Gasteiger charge is -2.49. The topological polar surface area (TPSA) is 83.6 Å². The minimum atomic E-state index is -0.468. The summed E-state index contributed by atoms with van der Waals surface area (Å²) >= 11 is 0. The summed E-state index contributed by atoms with van der Waals surface area (Å²) < 4.78 is 17.1. The lowest BCUT2D eigenvalue weighted by atomic mass is 9.72. The average molecular weight is 455 g/mol. The van der Waals surface area contributed by atoms with Gasteiger partial charge in [-0.25, -0.2) is 4.79 Å². The molecular formula is C23H42N4O5. The van der Waals surface area contributed by atoms with Gasteiger partial charge in [-0.1, -0.05) is 13.8 Å². The monoisotopic (exact) mass is 454 g/mol. The number of imide groups is 1. The highest BCUT2D eigenvalue weighted by Gasteiger charge is 2.49. The molecule has 3 amide bonds. The molecule has 32 heavy (non-hydrogen) atoms. The quantitative estimate of drug-likeness (QED) is 0.563. The van der Waals surface area contributed by atoms with Crippen LogP contribution in [0.15, 0.2) is 0 Å². The number of amides is 3. The maximum absolute atomic E-state index is 13.5. The van der Waals surface area contributed by atoms with Gasteiger partial charge >= 0.3 is 6.03 Å². The van der Waals surface area contributed by atoms with Crippen LogP contribution in [0.25, 0.3) is 0 Å². The Bertz CT molecular complexity index is 624. The van der Waals surface area contributed by atoms with Gasteiger partial charge in [0, 0.05) is 45.6 Å². The summed E-state index contributed by atoms with van der Waals surface area (Å²) in [5, 5.41) is 2.93. The number of ether oxygens (including phenoxy) is 3. The van der Waals surface area contributed by atoms with Crippen LogP contribution in [0, 0.1) is 11.8 Å². The normalized spacial score (nSPS) is 27.5. The van der Waals surface area contributed by atoms with Crippen LogP contribution in [-0.2, 0) is 19.0 Å². The van der Waals surface area contributed by atoms with E-state index in [2.05, 4.69) is 36.0 Å². The third kappa shape index (κ3) is 5.99. The van der Waals surface area contributed by atoms with E-state index in [1.54, 1.807) is 7.11 Å². The van der Waals surface area contributed by atoms with E-state index >= 15 is 0 Å². The van der Waals surface area contributed by atoms with Crippen molar-refractivity contribution in [2.24, 2.45) is 11.8 Å². The van der Waals surface area contributed by atoms with Gasteiger partial charge in [0.2, 0.25) is 5.91 Å². The van der Waals surface area contributed by atoms with Gasteiger partial charge in [0.15, 0.2) is 5.79 Å². The maximum Gasteiger partial charge on any atom is 0.324 e. The van der Waals surface area contributed by atoms with Crippen LogP contribution in [0.3, 0.4) is 0 Å². The summed E-state index contributed by atoms with van der Waals surface area (Å²) in [6.45, 7) is 9.91. The minimum absolute atomic E-state index is 0.111. The fraction of sp³-hybridized carbons (Fsp3) is 0.913. The number of carbonyl (C=O) groups excluding carboxylic acids is 2. The smallest absolute Gasteiger partial charge is 0.324 e. The molecule has 3 rings (SSSR count). The van der Waals surface area contributed by atoms with Crippen LogP contribution in [0.5, 0.6) is 0 Å². The molecule has 3 atom stereocenters. The second kappa shape index (κ2) is 11.7. The molecule has 2 aliphatic heterocycles. The number of likely N-dealkylation sites (tertiary alicyclic amines) is 1. The molecule has 2 saturated heterocycles. The average Bonchev–Trinajstić information content (AvgIpc) is 3.23. The lowest BCUT2D eigenvalue weighted by Crippen LogP contribution is -2.57. The molecule has 1 saturated carbocycles. The standard InChI is InChI=1S/C23H42N4O5/c1-5-26(6-2)10-9-24-22(29)27(11-12-30-4)21(28)19-15-18-16-23(31-13-14-32-23)8-7-20(18)25(3)17-19/h18-20H,5-17H2,1-4H3,(H,24,29)/t18-,19-,20-/m1/s1. The number of carbonyl (C=O) groups is 2. The molecule has 0 unspecified atom stereocenters. The van der Waals surface area contributed by atoms with Crippen LogP contribution < -0.4 is 5.32 Å². The molecular weight excluding hydrogens is 412 g/mol. The Kier molecular flexibility index (Phi) is 9.31. The van der Waals surface area contributed by atoms with Crippen molar-refractivity contribution in [3.8, 4) is 0 Å². The summed E-state index contributed by atoms with van der Waals surface area (Å²) in [5.41, 5.74) is 0. The van der Waals surface area contributed by atoms with Gasteiger partial charge in [-0.15, -0.1) is 0 Å². The largest absolute Gasteiger partial charge is 0.383 e. The van der Waals surface area contributed by atoms with Crippen molar-refractivity contribution in [2.75, 3.05) is 73.2 Å². The fourth-order valence-electron chi connectivity index (χ4n) is 5.59. The minimum Gasteiger partial charge on any atom is -0.383 e. The van der Waals surface area contributed by atoms with E-state index in [0.29, 0.717) is 44.9 Å². The molecule has 0 radical (unpaired) electrons. The summed E-state index contributed by atoms with van der Waals surface area (Å²) in [5.74, 6) is -0.474. The fourth-order valence-corrected chi connectivity index (χ4v) is 5.59. The first-order valence-electron chi connectivity index (χ1n) is 12.2. The Morgan fingerprint density at radius 3 is 2.56 bits per heavy atom. The third-order valence-electron chi connectivity index (χ3n) is 7.39. The molecule has 2 heterocycles. The third-order valence-corrected chi connectivity index (χ3v) is 7.39. The Labute approximate surface area is 192 Å². The summed E-state index contributed by atoms with van der Waals surface area (Å²) in [6, 6.07) is 0.111. The highest BCUT2D eigenvalue weighted by atomic mass is 16.7. The van der Waals surface area contributed by atoms with E-state index in [1.165, 1.54) is 4.90 Å². The van der Waals surface area contributed by atoms with Gasteiger partial charge in [-0.3, -0.25) is 9.69 Å². The Morgan fingerprint density at radius 2 is 1.91 bits per heavy atom. The maximum atomic E-state index is 13.5. The summed E-state index contributed by atoms with van der Waals surface area (Å²) in [7, 11) is 3.68. The van der Waals surface area contributed by atoms with Crippen molar-refractivity contribution in [2.45, 2.75) is 51.4 Å². The van der Waals surface area contributed by atoms with Crippen LogP contribution in [0.1, 0.15) is 39.5 Å². The second-order valence-electron chi connectivity index (χ2n) is 9.29. The molecule has 0 aromatic carbocycles. The Morgan fingerprint density at radius 1 is 1.19 bits per heavy atom. The molecule has 1 aliphatic carbocycles. The van der Waals surface area contributed by atoms with Gasteiger partial charge in [-0.05, 0) is 38.9 Å². The summed E-state index contributed by atoms with van der Waals surface area (Å²) in [4.78, 5) is 32.3. The van der Waals surface area contributed by atoms with E-state index in [-0.39, 0.29) is 24.4 Å². The van der Waals surface area contributed by atoms with Crippen molar-refractivity contribution >= 4 is 11.9 Å². The molecule has 0 aromatic rings. The molecule has 9 heteroatoms. The first-order chi connectivity index (χ1) is 15.4. The number of hydrogen-bond acceptors (Lipinski definition) is 7. The number of methoxy groups -OCH3 is 1.